The number of nitrogens with two attached hydrogens (primary N) is 1. The molecule has 1 nitrogen and oxygen atoms in total. The maximum absolute atomic E-state index is 6.02. The molecule has 0 bridgehead atoms. The van der Waals surface area contributed by atoms with E-state index < -0.39 is 0 Å². The van der Waals surface area contributed by atoms with Crippen molar-refractivity contribution in [1.82, 2.24) is 0 Å². The molecule has 0 amide bonds. The van der Waals surface area contributed by atoms with Crippen molar-refractivity contribution >= 4 is 29.0 Å². The molecule has 2 rings (SSSR count). The molecule has 2 N–H and O–H groups in total. The first kappa shape index (κ1) is 15.0. The van der Waals surface area contributed by atoms with E-state index in [2.05, 4.69) is 67.5 Å². The Labute approximate surface area is 120 Å². The van der Waals surface area contributed by atoms with Crippen LogP contribution < -0.4 is 5.73 Å². The minimum atomic E-state index is 0.510. The second-order valence-electron chi connectivity index (χ2n) is 4.33. The number of benzene rings is 2. The molecule has 2 aromatic carbocycles. The van der Waals surface area contributed by atoms with E-state index >= 15 is 0 Å². The fraction of sp³-hybridized carbons (Fsp3) is 0.200. The van der Waals surface area contributed by atoms with E-state index in [-0.39, 0.29) is 0 Å². The van der Waals surface area contributed by atoms with Crippen LogP contribution in [0.25, 0.3) is 11.1 Å². The molecule has 0 aliphatic carbocycles. The van der Waals surface area contributed by atoms with Crippen LogP contribution >= 0.6 is 23.3 Å². The van der Waals surface area contributed by atoms with Crippen molar-refractivity contribution in [1.29, 1.82) is 0 Å². The lowest BCUT2D eigenvalue weighted by atomic mass is 9.92. The van der Waals surface area contributed by atoms with Crippen molar-refractivity contribution in [2.75, 3.05) is 5.73 Å². The maximum Gasteiger partial charge on any atom is 0.0393 e. The largest absolute Gasteiger partial charge is 0.398 e. The van der Waals surface area contributed by atoms with Gasteiger partial charge in [0, 0.05) is 11.3 Å². The second-order valence-corrected chi connectivity index (χ2v) is 4.33. The molecule has 2 aromatic rings. The summed E-state index contributed by atoms with van der Waals surface area (Å²) in [7, 11) is 0. The average molecular weight is 277 g/mol. The highest BCUT2D eigenvalue weighted by atomic mass is 33.1. The quantitative estimate of drug-likeness (QED) is 0.409. The molecule has 0 aromatic heterocycles. The number of anilines is 1. The Morgan fingerprint density at radius 1 is 0.833 bits per heavy atom. The fourth-order valence-electron chi connectivity index (χ4n) is 1.99. The third-order valence-corrected chi connectivity index (χ3v) is 2.83. The number of nitrogen functional groups attached to an aromatic ring is 1. The van der Waals surface area contributed by atoms with E-state index in [1.807, 2.05) is 18.2 Å². The zero-order valence-electron chi connectivity index (χ0n) is 10.7. The molecule has 96 valence electrons. The van der Waals surface area contributed by atoms with Gasteiger partial charge in [-0.2, -0.15) is 0 Å². The Morgan fingerprint density at radius 2 is 1.33 bits per heavy atom. The first-order chi connectivity index (χ1) is 8.70. The van der Waals surface area contributed by atoms with Gasteiger partial charge >= 0.3 is 0 Å². The van der Waals surface area contributed by atoms with Crippen LogP contribution in [0.2, 0.25) is 0 Å². The molecule has 0 unspecified atom stereocenters. The fourth-order valence-corrected chi connectivity index (χ4v) is 1.99. The van der Waals surface area contributed by atoms with E-state index in [1.165, 1.54) is 11.1 Å². The number of hydrogen-bond acceptors (Lipinski definition) is 3. The van der Waals surface area contributed by atoms with Gasteiger partial charge in [-0.25, -0.2) is 0 Å². The minimum absolute atomic E-state index is 0.510. The molecule has 0 saturated carbocycles. The van der Waals surface area contributed by atoms with Crippen molar-refractivity contribution < 1.29 is 0 Å². The standard InChI is InChI=1S/C15H17N.H2S2/c1-11(2)12-7-3-4-8-13(12)14-9-5-6-10-15(14)16;1-2/h3-11H,16H2,1-2H3;1-2H. The van der Waals surface area contributed by atoms with Gasteiger partial charge in [-0.3, -0.25) is 0 Å². The number of rotatable bonds is 2. The maximum atomic E-state index is 6.02. The monoisotopic (exact) mass is 277 g/mol. The molecule has 0 atom stereocenters. The van der Waals surface area contributed by atoms with Crippen molar-refractivity contribution in [2.45, 2.75) is 19.8 Å². The van der Waals surface area contributed by atoms with Crippen LogP contribution in [0.3, 0.4) is 0 Å². The summed E-state index contributed by atoms with van der Waals surface area (Å²) in [5.41, 5.74) is 10.6. The van der Waals surface area contributed by atoms with E-state index in [0.717, 1.165) is 11.3 Å². The van der Waals surface area contributed by atoms with Crippen molar-refractivity contribution in [3.05, 3.63) is 54.1 Å². The van der Waals surface area contributed by atoms with Gasteiger partial charge in [-0.1, -0.05) is 56.3 Å². The Kier molecular flexibility index (Phi) is 6.16. The van der Waals surface area contributed by atoms with Gasteiger partial charge < -0.3 is 5.73 Å². The summed E-state index contributed by atoms with van der Waals surface area (Å²) in [5.74, 6) is 0.510. The van der Waals surface area contributed by atoms with E-state index in [4.69, 9.17) is 5.73 Å². The lowest BCUT2D eigenvalue weighted by Crippen LogP contribution is -1.95. The third kappa shape index (κ3) is 3.47. The lowest BCUT2D eigenvalue weighted by Gasteiger charge is -2.14. The smallest absolute Gasteiger partial charge is 0.0393 e. The van der Waals surface area contributed by atoms with Crippen LogP contribution in [0.1, 0.15) is 25.3 Å². The summed E-state index contributed by atoms with van der Waals surface area (Å²) in [4.78, 5) is 0. The highest BCUT2D eigenvalue weighted by Gasteiger charge is 2.09. The molecule has 0 radical (unpaired) electrons. The summed E-state index contributed by atoms with van der Waals surface area (Å²) in [6.45, 7) is 4.41. The van der Waals surface area contributed by atoms with Gasteiger partial charge in [0.2, 0.25) is 0 Å². The predicted molar refractivity (Wildman–Crippen MR) is 88.4 cm³/mol. The van der Waals surface area contributed by atoms with Gasteiger partial charge in [-0.15, -0.1) is 23.3 Å². The summed E-state index contributed by atoms with van der Waals surface area (Å²) in [6.07, 6.45) is 0. The van der Waals surface area contributed by atoms with Crippen LogP contribution in [0.5, 0.6) is 0 Å². The van der Waals surface area contributed by atoms with Crippen LogP contribution in [0, 0.1) is 0 Å². The van der Waals surface area contributed by atoms with E-state index in [9.17, 15) is 0 Å². The Bertz CT molecular complexity index is 495. The first-order valence-electron chi connectivity index (χ1n) is 5.84. The van der Waals surface area contributed by atoms with Crippen LogP contribution in [-0.2, 0) is 0 Å². The normalized spacial score (nSPS) is 9.83. The molecule has 3 heteroatoms. The van der Waals surface area contributed by atoms with Crippen molar-refractivity contribution in [2.24, 2.45) is 0 Å². The number of para-hydroxylation sites is 1. The zero-order valence-corrected chi connectivity index (χ0v) is 12.5. The molecule has 0 fully saturated rings. The summed E-state index contributed by atoms with van der Waals surface area (Å²) < 4.78 is 0. The van der Waals surface area contributed by atoms with Gasteiger partial charge in [-0.05, 0) is 23.1 Å². The third-order valence-electron chi connectivity index (χ3n) is 2.83. The van der Waals surface area contributed by atoms with Crippen LogP contribution in [-0.4, -0.2) is 0 Å². The van der Waals surface area contributed by atoms with E-state index in [1.54, 1.807) is 0 Å². The first-order valence-corrected chi connectivity index (χ1v) is 7.44. The Morgan fingerprint density at radius 3 is 1.89 bits per heavy atom. The molecule has 0 saturated heterocycles. The van der Waals surface area contributed by atoms with Gasteiger partial charge in [0.05, 0.1) is 0 Å². The lowest BCUT2D eigenvalue weighted by molar-refractivity contribution is 0.869. The van der Waals surface area contributed by atoms with Gasteiger partial charge in [0.15, 0.2) is 0 Å². The summed E-state index contributed by atoms with van der Waals surface area (Å²) in [6, 6.07) is 16.5. The van der Waals surface area contributed by atoms with E-state index in [0.29, 0.717) is 5.92 Å². The average Bonchev–Trinajstić information content (AvgIpc) is 2.41. The van der Waals surface area contributed by atoms with Crippen LogP contribution in [0.15, 0.2) is 48.5 Å². The van der Waals surface area contributed by atoms with Gasteiger partial charge in [0.25, 0.3) is 0 Å². The highest BCUT2D eigenvalue weighted by molar-refractivity contribution is 8.59. The SMILES string of the molecule is CC(C)c1ccccc1-c1ccccc1N.SS. The molecular formula is C15H19NS2. The van der Waals surface area contributed by atoms with Gasteiger partial charge in [0.1, 0.15) is 0 Å². The topological polar surface area (TPSA) is 26.0 Å². The Hall–Kier alpha value is -1.06. The molecule has 18 heavy (non-hydrogen) atoms. The molecular weight excluding hydrogens is 258 g/mol. The summed E-state index contributed by atoms with van der Waals surface area (Å²) >= 11 is 6.44. The van der Waals surface area contributed by atoms with Crippen molar-refractivity contribution in [3.63, 3.8) is 0 Å². The molecule has 0 aliphatic heterocycles. The van der Waals surface area contributed by atoms with Crippen molar-refractivity contribution in [3.8, 4) is 11.1 Å². The zero-order chi connectivity index (χ0) is 13.5. The molecule has 0 aliphatic rings. The minimum Gasteiger partial charge on any atom is -0.398 e. The number of thiol groups is 2. The predicted octanol–water partition coefficient (Wildman–Crippen LogP) is 4.82. The van der Waals surface area contributed by atoms with Crippen LogP contribution in [0.4, 0.5) is 5.69 Å². The summed E-state index contributed by atoms with van der Waals surface area (Å²) in [5, 5.41) is 0. The second kappa shape index (κ2) is 7.39. The highest BCUT2D eigenvalue weighted by Crippen LogP contribution is 2.32. The number of hydrogen-bond donors (Lipinski definition) is 3. The molecule has 0 heterocycles. The molecule has 0 spiro atoms. The Balaban J connectivity index is 0.000000771.